The standard InChI is InChI=1S/C20H22ClNO5/c1-5-27-16-8-6-13(10-19(16)26-4)7-9-20(23)22-15-12-17(24-2)14(21)11-18(15)25-3/h6-12H,5H2,1-4H3,(H,22,23)/b9-7+. The van der Waals surface area contributed by atoms with Crippen molar-refractivity contribution in [3.05, 3.63) is 47.0 Å². The summed E-state index contributed by atoms with van der Waals surface area (Å²) in [5.41, 5.74) is 1.25. The summed E-state index contributed by atoms with van der Waals surface area (Å²) in [5.74, 6) is 1.80. The molecule has 0 spiro atoms. The number of anilines is 1. The Labute approximate surface area is 163 Å². The molecule has 0 saturated carbocycles. The van der Waals surface area contributed by atoms with Crippen molar-refractivity contribution in [1.29, 1.82) is 0 Å². The van der Waals surface area contributed by atoms with E-state index in [0.29, 0.717) is 40.3 Å². The van der Waals surface area contributed by atoms with E-state index >= 15 is 0 Å². The summed E-state index contributed by atoms with van der Waals surface area (Å²) in [6, 6.07) is 8.61. The molecule has 0 radical (unpaired) electrons. The van der Waals surface area contributed by atoms with E-state index in [1.165, 1.54) is 20.3 Å². The van der Waals surface area contributed by atoms with Crippen molar-refractivity contribution in [2.24, 2.45) is 0 Å². The highest BCUT2D eigenvalue weighted by molar-refractivity contribution is 6.32. The van der Waals surface area contributed by atoms with Crippen molar-refractivity contribution < 1.29 is 23.7 Å². The van der Waals surface area contributed by atoms with Gasteiger partial charge in [-0.25, -0.2) is 0 Å². The third kappa shape index (κ3) is 5.31. The Hall–Kier alpha value is -2.86. The van der Waals surface area contributed by atoms with Crippen LogP contribution in [0.15, 0.2) is 36.4 Å². The van der Waals surface area contributed by atoms with Gasteiger partial charge in [-0.2, -0.15) is 0 Å². The normalized spacial score (nSPS) is 10.6. The van der Waals surface area contributed by atoms with Crippen LogP contribution < -0.4 is 24.3 Å². The minimum absolute atomic E-state index is 0.328. The molecule has 0 unspecified atom stereocenters. The van der Waals surface area contributed by atoms with Crippen molar-refractivity contribution in [2.45, 2.75) is 6.92 Å². The first-order chi connectivity index (χ1) is 13.0. The molecule has 2 rings (SSSR count). The summed E-state index contributed by atoms with van der Waals surface area (Å²) < 4.78 is 21.2. The van der Waals surface area contributed by atoms with Crippen LogP contribution in [0.3, 0.4) is 0 Å². The third-order valence-corrected chi connectivity index (χ3v) is 3.94. The van der Waals surface area contributed by atoms with Gasteiger partial charge in [-0.1, -0.05) is 17.7 Å². The lowest BCUT2D eigenvalue weighted by Crippen LogP contribution is -2.09. The van der Waals surface area contributed by atoms with Gasteiger partial charge in [0, 0.05) is 18.2 Å². The van der Waals surface area contributed by atoms with Crippen molar-refractivity contribution >= 4 is 29.3 Å². The molecule has 0 bridgehead atoms. The van der Waals surface area contributed by atoms with Gasteiger partial charge < -0.3 is 24.3 Å². The molecule has 0 fully saturated rings. The van der Waals surface area contributed by atoms with E-state index in [1.807, 2.05) is 13.0 Å². The summed E-state index contributed by atoms with van der Waals surface area (Å²) in [7, 11) is 4.56. The van der Waals surface area contributed by atoms with E-state index in [-0.39, 0.29) is 5.91 Å². The summed E-state index contributed by atoms with van der Waals surface area (Å²) >= 11 is 6.07. The summed E-state index contributed by atoms with van der Waals surface area (Å²) in [4.78, 5) is 12.3. The van der Waals surface area contributed by atoms with Crippen molar-refractivity contribution in [3.63, 3.8) is 0 Å². The second kappa shape index (κ2) is 9.73. The number of carbonyl (C=O) groups excluding carboxylic acids is 1. The average Bonchev–Trinajstić information content (AvgIpc) is 2.68. The lowest BCUT2D eigenvalue weighted by atomic mass is 10.2. The van der Waals surface area contributed by atoms with Crippen molar-refractivity contribution in [1.82, 2.24) is 0 Å². The second-order valence-electron chi connectivity index (χ2n) is 5.35. The van der Waals surface area contributed by atoms with E-state index in [0.717, 1.165) is 5.56 Å². The fraction of sp³-hybridized carbons (Fsp3) is 0.250. The van der Waals surface area contributed by atoms with E-state index < -0.39 is 0 Å². The minimum Gasteiger partial charge on any atom is -0.495 e. The van der Waals surface area contributed by atoms with Crippen LogP contribution >= 0.6 is 11.6 Å². The Morgan fingerprint density at radius 2 is 1.70 bits per heavy atom. The smallest absolute Gasteiger partial charge is 0.248 e. The highest BCUT2D eigenvalue weighted by atomic mass is 35.5. The Morgan fingerprint density at radius 1 is 1.00 bits per heavy atom. The first-order valence-corrected chi connectivity index (χ1v) is 8.61. The number of ether oxygens (including phenoxy) is 4. The molecule has 0 heterocycles. The predicted octanol–water partition coefficient (Wildman–Crippen LogP) is 4.42. The predicted molar refractivity (Wildman–Crippen MR) is 106 cm³/mol. The number of carbonyl (C=O) groups is 1. The van der Waals surface area contributed by atoms with E-state index in [4.69, 9.17) is 30.5 Å². The number of nitrogens with one attached hydrogen (secondary N) is 1. The number of hydrogen-bond acceptors (Lipinski definition) is 5. The first-order valence-electron chi connectivity index (χ1n) is 8.23. The molecule has 0 atom stereocenters. The van der Waals surface area contributed by atoms with Gasteiger partial charge in [0.05, 0.1) is 38.6 Å². The molecule has 2 aromatic carbocycles. The van der Waals surface area contributed by atoms with Crippen LogP contribution in [0.2, 0.25) is 5.02 Å². The van der Waals surface area contributed by atoms with Gasteiger partial charge in [0.25, 0.3) is 0 Å². The molecular formula is C20H22ClNO5. The van der Waals surface area contributed by atoms with Gasteiger partial charge in [-0.05, 0) is 30.7 Å². The molecule has 1 amide bonds. The fourth-order valence-electron chi connectivity index (χ4n) is 2.37. The zero-order chi connectivity index (χ0) is 19.8. The van der Waals surface area contributed by atoms with Gasteiger partial charge in [0.2, 0.25) is 5.91 Å². The molecule has 0 saturated heterocycles. The highest BCUT2D eigenvalue weighted by Gasteiger charge is 2.11. The number of hydrogen-bond donors (Lipinski definition) is 1. The minimum atomic E-state index is -0.328. The molecule has 27 heavy (non-hydrogen) atoms. The molecule has 0 aliphatic heterocycles. The van der Waals surface area contributed by atoms with Gasteiger partial charge >= 0.3 is 0 Å². The van der Waals surface area contributed by atoms with Crippen molar-refractivity contribution in [3.8, 4) is 23.0 Å². The van der Waals surface area contributed by atoms with Gasteiger partial charge in [-0.3, -0.25) is 4.79 Å². The Balaban J connectivity index is 2.16. The Kier molecular flexibility index (Phi) is 7.37. The quantitative estimate of drug-likeness (QED) is 0.675. The van der Waals surface area contributed by atoms with Gasteiger partial charge in [0.1, 0.15) is 11.5 Å². The molecule has 6 nitrogen and oxygen atoms in total. The highest BCUT2D eigenvalue weighted by Crippen LogP contribution is 2.36. The van der Waals surface area contributed by atoms with Crippen molar-refractivity contribution in [2.75, 3.05) is 33.3 Å². The summed E-state index contributed by atoms with van der Waals surface area (Å²) in [5, 5.41) is 3.14. The zero-order valence-corrected chi connectivity index (χ0v) is 16.4. The van der Waals surface area contributed by atoms with Crippen LogP contribution in [0, 0.1) is 0 Å². The SMILES string of the molecule is CCOc1ccc(/C=C/C(=O)Nc2cc(OC)c(Cl)cc2OC)cc1OC. The molecule has 0 aliphatic carbocycles. The van der Waals surface area contributed by atoms with E-state index in [9.17, 15) is 4.79 Å². The first kappa shape index (κ1) is 20.5. The molecule has 144 valence electrons. The molecular weight excluding hydrogens is 370 g/mol. The molecule has 0 aromatic heterocycles. The number of rotatable bonds is 8. The average molecular weight is 392 g/mol. The Morgan fingerprint density at radius 3 is 2.33 bits per heavy atom. The maximum absolute atomic E-state index is 12.3. The van der Waals surface area contributed by atoms with Crippen LogP contribution in [0.5, 0.6) is 23.0 Å². The molecule has 7 heteroatoms. The summed E-state index contributed by atoms with van der Waals surface area (Å²) in [6.07, 6.45) is 3.09. The second-order valence-corrected chi connectivity index (χ2v) is 5.76. The van der Waals surface area contributed by atoms with E-state index in [2.05, 4.69) is 5.32 Å². The topological polar surface area (TPSA) is 66.0 Å². The van der Waals surface area contributed by atoms with E-state index in [1.54, 1.807) is 37.5 Å². The summed E-state index contributed by atoms with van der Waals surface area (Å²) in [6.45, 7) is 2.44. The van der Waals surface area contributed by atoms with Crippen LogP contribution in [0.25, 0.3) is 6.08 Å². The fourth-order valence-corrected chi connectivity index (χ4v) is 2.60. The lowest BCUT2D eigenvalue weighted by molar-refractivity contribution is -0.111. The maximum atomic E-state index is 12.3. The Bertz CT molecular complexity index is 835. The van der Waals surface area contributed by atoms with Gasteiger partial charge in [-0.15, -0.1) is 0 Å². The number of benzene rings is 2. The lowest BCUT2D eigenvalue weighted by Gasteiger charge is -2.12. The molecule has 1 N–H and O–H groups in total. The molecule has 0 aliphatic rings. The largest absolute Gasteiger partial charge is 0.495 e. The monoisotopic (exact) mass is 391 g/mol. The number of methoxy groups -OCH3 is 3. The third-order valence-electron chi connectivity index (χ3n) is 3.65. The number of amides is 1. The van der Waals surface area contributed by atoms with Crippen LogP contribution in [-0.2, 0) is 4.79 Å². The number of halogens is 1. The maximum Gasteiger partial charge on any atom is 0.248 e. The van der Waals surface area contributed by atoms with Crippen LogP contribution in [0.4, 0.5) is 5.69 Å². The zero-order valence-electron chi connectivity index (χ0n) is 15.7. The van der Waals surface area contributed by atoms with Gasteiger partial charge in [0.15, 0.2) is 11.5 Å². The molecule has 2 aromatic rings. The van der Waals surface area contributed by atoms with Crippen LogP contribution in [0.1, 0.15) is 12.5 Å². The van der Waals surface area contributed by atoms with Crippen LogP contribution in [-0.4, -0.2) is 33.8 Å².